The van der Waals surface area contributed by atoms with Crippen LogP contribution in [-0.2, 0) is 31.1 Å². The molecule has 1 nitrogen and oxygen atoms in total. The van der Waals surface area contributed by atoms with Gasteiger partial charge in [-0.3, -0.25) is 0 Å². The molecule has 1 unspecified atom stereocenters. The van der Waals surface area contributed by atoms with Crippen LogP contribution in [0.3, 0.4) is 0 Å². The first-order chi connectivity index (χ1) is 19.7. The van der Waals surface area contributed by atoms with Gasteiger partial charge in [-0.05, 0) is 24.3 Å². The van der Waals surface area contributed by atoms with Crippen LogP contribution in [0.1, 0.15) is 219 Å². The van der Waals surface area contributed by atoms with E-state index in [0.29, 0.717) is 0 Å². The van der Waals surface area contributed by atoms with Gasteiger partial charge in [0.1, 0.15) is 0 Å². The summed E-state index contributed by atoms with van der Waals surface area (Å²) < 4.78 is 0. The molecular formula is C36H77MoOPS2. The van der Waals surface area contributed by atoms with Crippen LogP contribution in [0.4, 0.5) is 0 Å². The fourth-order valence-corrected chi connectivity index (χ4v) is 11.2. The standard InChI is InChI=1S/C36H77OPS2.Mo/c1-3-5-7-9-11-13-15-17-19-21-23-25-27-29-31-33-35-40(38(37)39)36-34-32-30-28-26-24-22-20-18-16-14-12-10-8-6-4-2;/h37-39H,3-36H2,1-2H3;. The molecule has 0 fully saturated rings. The predicted octanol–water partition coefficient (Wildman–Crippen LogP) is 14.0. The molecule has 0 aliphatic rings. The zero-order chi connectivity index (χ0) is 29.2. The van der Waals surface area contributed by atoms with Crippen LogP contribution in [0.15, 0.2) is 0 Å². The van der Waals surface area contributed by atoms with Gasteiger partial charge in [-0.2, -0.15) is 10.1 Å². The van der Waals surface area contributed by atoms with Crippen molar-refractivity contribution in [2.24, 2.45) is 0 Å². The average molecular weight is 717 g/mol. The summed E-state index contributed by atoms with van der Waals surface area (Å²) in [5.74, 6) is 2.48. The van der Waals surface area contributed by atoms with Gasteiger partial charge >= 0.3 is 0 Å². The molecule has 0 saturated heterocycles. The summed E-state index contributed by atoms with van der Waals surface area (Å²) in [4.78, 5) is 10.2. The number of unbranched alkanes of at least 4 members (excludes halogenated alkanes) is 30. The molecule has 1 N–H and O–H groups in total. The normalized spacial score (nSPS) is 12.2. The van der Waals surface area contributed by atoms with Gasteiger partial charge < -0.3 is 4.89 Å². The van der Waals surface area contributed by atoms with E-state index in [4.69, 9.17) is 0 Å². The summed E-state index contributed by atoms with van der Waals surface area (Å²) in [5, 5.41) is 0. The predicted molar refractivity (Wildman–Crippen MR) is 196 cm³/mol. The van der Waals surface area contributed by atoms with Crippen molar-refractivity contribution in [2.75, 3.05) is 11.5 Å². The van der Waals surface area contributed by atoms with E-state index >= 15 is 0 Å². The average Bonchev–Trinajstić information content (AvgIpc) is 2.95. The molecule has 0 radical (unpaired) electrons. The van der Waals surface area contributed by atoms with E-state index in [0.717, 1.165) is 0 Å². The molecule has 0 aromatic rings. The molecule has 0 bridgehead atoms. The monoisotopic (exact) mass is 718 g/mol. The summed E-state index contributed by atoms with van der Waals surface area (Å²) >= 11 is 4.53. The minimum absolute atomic E-state index is 0. The van der Waals surface area contributed by atoms with Crippen LogP contribution in [0, 0.1) is 0 Å². The zero-order valence-electron chi connectivity index (χ0n) is 28.3. The minimum Gasteiger partial charge on any atom is -0.364 e. The van der Waals surface area contributed by atoms with E-state index in [1.54, 1.807) is 0 Å². The van der Waals surface area contributed by atoms with Gasteiger partial charge in [0.15, 0.2) is 0 Å². The maximum atomic E-state index is 10.2. The quantitative estimate of drug-likeness (QED) is 0.0294. The van der Waals surface area contributed by atoms with E-state index < -0.39 is 6.13 Å². The molecule has 41 heavy (non-hydrogen) atoms. The molecule has 0 aromatic heterocycles. The van der Waals surface area contributed by atoms with E-state index in [1.807, 2.05) is 0 Å². The second-order valence-electron chi connectivity index (χ2n) is 12.8. The summed E-state index contributed by atoms with van der Waals surface area (Å²) in [6.45, 7) is 4.60. The third-order valence-corrected chi connectivity index (χ3v) is 15.9. The van der Waals surface area contributed by atoms with Gasteiger partial charge in [-0.25, -0.2) is 0 Å². The molecule has 0 spiro atoms. The number of hydrogen-bond donors (Lipinski definition) is 2. The van der Waals surface area contributed by atoms with Crippen molar-refractivity contribution in [2.45, 2.75) is 219 Å². The Labute approximate surface area is 283 Å². The minimum atomic E-state index is -1.39. The summed E-state index contributed by atoms with van der Waals surface area (Å²) in [6, 6.07) is 0. The second kappa shape index (κ2) is 39.8. The third kappa shape index (κ3) is 37.9. The van der Waals surface area contributed by atoms with Crippen molar-refractivity contribution in [3.63, 3.8) is 0 Å². The molecule has 0 saturated carbocycles. The van der Waals surface area contributed by atoms with Crippen molar-refractivity contribution in [1.82, 2.24) is 0 Å². The van der Waals surface area contributed by atoms with E-state index in [9.17, 15) is 4.89 Å². The van der Waals surface area contributed by atoms with Gasteiger partial charge in [-0.1, -0.05) is 206 Å². The number of rotatable bonds is 34. The van der Waals surface area contributed by atoms with Crippen molar-refractivity contribution in [3.8, 4) is 0 Å². The Bertz CT molecular complexity index is 476. The first-order valence-corrected chi connectivity index (χ1v) is 23.7. The van der Waals surface area contributed by atoms with Gasteiger partial charge in [0, 0.05) is 21.1 Å². The first-order valence-electron chi connectivity index (χ1n) is 18.6. The molecule has 0 aliphatic heterocycles. The molecular weight excluding hydrogens is 639 g/mol. The van der Waals surface area contributed by atoms with Crippen molar-refractivity contribution < 1.29 is 26.0 Å². The topological polar surface area (TPSA) is 20.2 Å². The Morgan fingerprint density at radius 1 is 0.366 bits per heavy atom. The maximum absolute atomic E-state index is 10.2. The van der Waals surface area contributed by atoms with E-state index in [-0.39, 0.29) is 31.1 Å². The molecule has 5 heteroatoms. The number of hydrogen-bond acceptors (Lipinski definition) is 0. The maximum Gasteiger partial charge on any atom is 0.0631 e. The Kier molecular flexibility index (Phi) is 43.6. The summed E-state index contributed by atoms with van der Waals surface area (Å²) in [7, 11) is 0.211. The molecule has 0 aliphatic carbocycles. The van der Waals surface area contributed by atoms with E-state index in [2.05, 4.69) is 26.1 Å². The second-order valence-corrected chi connectivity index (χ2v) is 20.2. The van der Waals surface area contributed by atoms with Crippen LogP contribution in [-0.4, -0.2) is 16.4 Å². The van der Waals surface area contributed by atoms with Crippen molar-refractivity contribution in [1.29, 1.82) is 0 Å². The van der Waals surface area contributed by atoms with Gasteiger partial charge in [0.05, 0.1) is 6.13 Å². The molecule has 250 valence electrons. The Morgan fingerprint density at radius 2 is 0.537 bits per heavy atom. The molecule has 0 rings (SSSR count). The fraction of sp³-hybridized carbons (Fsp3) is 1.00. The summed E-state index contributed by atoms with van der Waals surface area (Å²) in [5.41, 5.74) is 0. The largest absolute Gasteiger partial charge is 0.364 e. The van der Waals surface area contributed by atoms with Crippen molar-refractivity contribution >= 4 is 28.4 Å². The van der Waals surface area contributed by atoms with Crippen LogP contribution in [0.25, 0.3) is 0 Å². The molecule has 0 amide bonds. The number of thiol groups is 1. The van der Waals surface area contributed by atoms with Crippen LogP contribution in [0.2, 0.25) is 0 Å². The zero-order valence-corrected chi connectivity index (χ0v) is 33.0. The SMILES string of the molecule is CCCCCCCCCCCCCCCCCCS(CCCCCCCCCCCCCCCCCC)=[PH](O)S.[Mo]. The molecule has 0 heterocycles. The fourth-order valence-electron chi connectivity index (χ4n) is 5.93. The van der Waals surface area contributed by atoms with E-state index in [1.165, 1.54) is 217 Å². The Hall–Kier alpha value is 1.78. The van der Waals surface area contributed by atoms with Crippen LogP contribution in [0.5, 0.6) is 0 Å². The van der Waals surface area contributed by atoms with Crippen molar-refractivity contribution in [3.05, 3.63) is 0 Å². The molecule has 1 atom stereocenters. The summed E-state index contributed by atoms with van der Waals surface area (Å²) in [6.07, 6.45) is 44.3. The van der Waals surface area contributed by atoms with Crippen LogP contribution < -0.4 is 0 Å². The Balaban J connectivity index is 0. The van der Waals surface area contributed by atoms with Gasteiger partial charge in [0.2, 0.25) is 0 Å². The van der Waals surface area contributed by atoms with Gasteiger partial charge in [0.25, 0.3) is 0 Å². The Morgan fingerprint density at radius 3 is 0.707 bits per heavy atom. The molecule has 0 aromatic carbocycles. The van der Waals surface area contributed by atoms with Crippen LogP contribution >= 0.6 is 18.4 Å². The van der Waals surface area contributed by atoms with Gasteiger partial charge in [-0.15, -0.1) is 12.2 Å². The third-order valence-electron chi connectivity index (χ3n) is 8.75. The first kappa shape index (κ1) is 44.9. The smallest absolute Gasteiger partial charge is 0.0631 e.